The zero-order valence-corrected chi connectivity index (χ0v) is 18.1. The number of thiazole rings is 1. The van der Waals surface area contributed by atoms with Crippen molar-refractivity contribution in [2.45, 2.75) is 58.7 Å². The Hall–Kier alpha value is -2.32. The Labute approximate surface area is 178 Å². The van der Waals surface area contributed by atoms with Gasteiger partial charge in [0.2, 0.25) is 11.8 Å². The van der Waals surface area contributed by atoms with Crippen molar-refractivity contribution < 1.29 is 23.9 Å². The molecular formula is C22H24N2O5S. The van der Waals surface area contributed by atoms with E-state index in [4.69, 9.17) is 9.47 Å². The average Bonchev–Trinajstić information content (AvgIpc) is 3.45. The van der Waals surface area contributed by atoms with Gasteiger partial charge in [-0.25, -0.2) is 14.7 Å². The molecule has 0 radical (unpaired) electrons. The number of carbonyl (C=O) groups excluding carboxylic acids is 3. The van der Waals surface area contributed by atoms with Crippen LogP contribution in [0.15, 0.2) is 18.2 Å². The number of nitrogens with zero attached hydrogens (tertiary/aromatic N) is 2. The molecule has 3 saturated heterocycles. The van der Waals surface area contributed by atoms with Crippen LogP contribution in [0.3, 0.4) is 0 Å². The fourth-order valence-corrected chi connectivity index (χ4v) is 6.14. The molecule has 0 N–H and O–H groups in total. The Kier molecular flexibility index (Phi) is 4.31. The van der Waals surface area contributed by atoms with Gasteiger partial charge in [0, 0.05) is 0 Å². The number of esters is 1. The zero-order valence-electron chi connectivity index (χ0n) is 17.3. The Balaban J connectivity index is 1.48. The highest BCUT2D eigenvalue weighted by Crippen LogP contribution is 2.64. The van der Waals surface area contributed by atoms with Crippen LogP contribution in [-0.2, 0) is 19.1 Å². The number of amides is 2. The number of carbonyl (C=O) groups is 3. The zero-order chi connectivity index (χ0) is 21.3. The van der Waals surface area contributed by atoms with Crippen LogP contribution in [0.5, 0.6) is 0 Å². The van der Waals surface area contributed by atoms with Crippen molar-refractivity contribution in [2.24, 2.45) is 10.8 Å². The first-order chi connectivity index (χ1) is 14.3. The molecule has 3 aliphatic rings. The summed E-state index contributed by atoms with van der Waals surface area (Å²) in [5.41, 5.74) is -0.638. The van der Waals surface area contributed by atoms with Gasteiger partial charge in [0.1, 0.15) is 0 Å². The first kappa shape index (κ1) is 19.6. The standard InChI is InChI=1S/C22H24N2O5S/c1-4-5-10-28-17(25)12-6-7-13-14(11-12)30-20(23-13)24-18(26)21(2)15-8-9-16(29-15)22(21,3)19(24)27/h6-7,11,15-16H,4-5,8-10H2,1-3H3/t15-,16+,21+,22-. The van der Waals surface area contributed by atoms with E-state index in [2.05, 4.69) is 4.98 Å². The lowest BCUT2D eigenvalue weighted by Crippen LogP contribution is -2.48. The van der Waals surface area contributed by atoms with Crippen LogP contribution < -0.4 is 4.90 Å². The number of aromatic nitrogens is 1. The molecule has 1 aromatic heterocycles. The van der Waals surface area contributed by atoms with Crippen LogP contribution in [0.1, 0.15) is 56.8 Å². The summed E-state index contributed by atoms with van der Waals surface area (Å²) in [4.78, 5) is 44.9. The number of anilines is 1. The molecule has 4 heterocycles. The Morgan fingerprint density at radius 3 is 2.53 bits per heavy atom. The van der Waals surface area contributed by atoms with E-state index in [1.54, 1.807) is 18.2 Å². The van der Waals surface area contributed by atoms with Gasteiger partial charge in [-0.2, -0.15) is 0 Å². The van der Waals surface area contributed by atoms with E-state index < -0.39 is 10.8 Å². The second-order valence-electron chi connectivity index (χ2n) is 8.71. The molecule has 158 valence electrons. The van der Waals surface area contributed by atoms with E-state index >= 15 is 0 Å². The van der Waals surface area contributed by atoms with Gasteiger partial charge in [-0.3, -0.25) is 9.59 Å². The maximum absolute atomic E-state index is 13.4. The second kappa shape index (κ2) is 6.59. The third-order valence-electron chi connectivity index (χ3n) is 7.22. The summed E-state index contributed by atoms with van der Waals surface area (Å²) in [6, 6.07) is 5.11. The first-order valence-corrected chi connectivity index (χ1v) is 11.3. The molecule has 0 saturated carbocycles. The van der Waals surface area contributed by atoms with Crippen LogP contribution in [-0.4, -0.2) is 41.6 Å². The highest BCUT2D eigenvalue weighted by Gasteiger charge is 2.77. The molecule has 7 nitrogen and oxygen atoms in total. The van der Waals surface area contributed by atoms with E-state index in [0.29, 0.717) is 22.8 Å². The highest BCUT2D eigenvalue weighted by molar-refractivity contribution is 7.22. The molecule has 0 spiro atoms. The fraction of sp³-hybridized carbons (Fsp3) is 0.545. The highest BCUT2D eigenvalue weighted by atomic mass is 32.1. The summed E-state index contributed by atoms with van der Waals surface area (Å²) < 4.78 is 12.0. The minimum Gasteiger partial charge on any atom is -0.462 e. The molecule has 2 bridgehead atoms. The van der Waals surface area contributed by atoms with E-state index in [1.165, 1.54) is 16.2 Å². The normalized spacial score (nSPS) is 32.3. The number of ether oxygens (including phenoxy) is 2. The molecule has 2 aromatic rings. The van der Waals surface area contributed by atoms with E-state index in [0.717, 1.165) is 30.4 Å². The number of unbranched alkanes of at least 4 members (excludes halogenated alkanes) is 1. The van der Waals surface area contributed by atoms with Gasteiger partial charge in [-0.15, -0.1) is 0 Å². The summed E-state index contributed by atoms with van der Waals surface area (Å²) >= 11 is 1.25. The van der Waals surface area contributed by atoms with E-state index in [9.17, 15) is 14.4 Å². The molecule has 2 amide bonds. The molecule has 0 aliphatic carbocycles. The van der Waals surface area contributed by atoms with E-state index in [-0.39, 0.29) is 30.0 Å². The fourth-order valence-electron chi connectivity index (χ4n) is 5.13. The summed E-state index contributed by atoms with van der Waals surface area (Å²) in [5, 5.41) is 0.354. The van der Waals surface area contributed by atoms with E-state index in [1.807, 2.05) is 20.8 Å². The summed E-state index contributed by atoms with van der Waals surface area (Å²) in [7, 11) is 0. The van der Waals surface area contributed by atoms with Crippen molar-refractivity contribution >= 4 is 44.5 Å². The third-order valence-corrected chi connectivity index (χ3v) is 8.22. The number of hydrogen-bond acceptors (Lipinski definition) is 7. The maximum atomic E-state index is 13.4. The number of hydrogen-bond donors (Lipinski definition) is 0. The maximum Gasteiger partial charge on any atom is 0.338 e. The minimum absolute atomic E-state index is 0.229. The van der Waals surface area contributed by atoms with Crippen molar-refractivity contribution in [1.82, 2.24) is 4.98 Å². The van der Waals surface area contributed by atoms with Crippen LogP contribution in [0.4, 0.5) is 5.13 Å². The lowest BCUT2D eigenvalue weighted by molar-refractivity contribution is -0.132. The Morgan fingerprint density at radius 2 is 1.90 bits per heavy atom. The number of fused-ring (bicyclic) bond motifs is 6. The smallest absolute Gasteiger partial charge is 0.338 e. The third kappa shape index (κ3) is 2.34. The molecule has 5 rings (SSSR count). The molecule has 3 fully saturated rings. The van der Waals surface area contributed by atoms with Crippen molar-refractivity contribution in [3.63, 3.8) is 0 Å². The molecule has 0 unspecified atom stereocenters. The lowest BCUT2D eigenvalue weighted by atomic mass is 9.59. The summed E-state index contributed by atoms with van der Waals surface area (Å²) in [6.45, 7) is 6.13. The SMILES string of the molecule is CCCCOC(=O)c1ccc2nc(N3C(=O)[C@@]4(C)[C@@H]5CC[C@@H](O5)[C@@]4(C)C3=O)sc2c1. The Bertz CT molecular complexity index is 1050. The van der Waals surface area contributed by atoms with Gasteiger partial charge < -0.3 is 9.47 Å². The molecule has 8 heteroatoms. The molecule has 1 aromatic carbocycles. The molecule has 3 aliphatic heterocycles. The minimum atomic E-state index is -0.862. The van der Waals surface area contributed by atoms with Crippen molar-refractivity contribution in [3.8, 4) is 0 Å². The van der Waals surface area contributed by atoms with Crippen molar-refractivity contribution in [3.05, 3.63) is 23.8 Å². The summed E-state index contributed by atoms with van der Waals surface area (Å²) in [6.07, 6.45) is 2.91. The van der Waals surface area contributed by atoms with Crippen LogP contribution in [0, 0.1) is 10.8 Å². The first-order valence-electron chi connectivity index (χ1n) is 10.4. The molecule has 30 heavy (non-hydrogen) atoms. The van der Waals surface area contributed by atoms with Gasteiger partial charge in [-0.1, -0.05) is 24.7 Å². The van der Waals surface area contributed by atoms with Crippen LogP contribution in [0.25, 0.3) is 10.2 Å². The van der Waals surface area contributed by atoms with Gasteiger partial charge in [-0.05, 0) is 51.3 Å². The lowest BCUT2D eigenvalue weighted by Gasteiger charge is -2.36. The number of benzene rings is 1. The monoisotopic (exact) mass is 428 g/mol. The summed E-state index contributed by atoms with van der Waals surface area (Å²) in [5.74, 6) is -0.849. The van der Waals surface area contributed by atoms with Crippen molar-refractivity contribution in [1.29, 1.82) is 0 Å². The topological polar surface area (TPSA) is 85.8 Å². The molecular weight excluding hydrogens is 404 g/mol. The van der Waals surface area contributed by atoms with Gasteiger partial charge >= 0.3 is 5.97 Å². The van der Waals surface area contributed by atoms with Crippen LogP contribution >= 0.6 is 11.3 Å². The Morgan fingerprint density at radius 1 is 1.23 bits per heavy atom. The average molecular weight is 429 g/mol. The quantitative estimate of drug-likeness (QED) is 0.410. The van der Waals surface area contributed by atoms with Crippen LogP contribution in [0.2, 0.25) is 0 Å². The largest absolute Gasteiger partial charge is 0.462 e. The van der Waals surface area contributed by atoms with Crippen molar-refractivity contribution in [2.75, 3.05) is 11.5 Å². The van der Waals surface area contributed by atoms with Gasteiger partial charge in [0.05, 0.1) is 45.4 Å². The predicted molar refractivity (Wildman–Crippen MR) is 111 cm³/mol. The number of imide groups is 1. The van der Waals surface area contributed by atoms with Gasteiger partial charge in [0.15, 0.2) is 5.13 Å². The van der Waals surface area contributed by atoms with Gasteiger partial charge in [0.25, 0.3) is 0 Å². The molecule has 4 atom stereocenters. The second-order valence-corrected chi connectivity index (χ2v) is 9.72. The predicted octanol–water partition coefficient (Wildman–Crippen LogP) is 3.70. The number of rotatable bonds is 5.